The van der Waals surface area contributed by atoms with Gasteiger partial charge in [-0.25, -0.2) is 0 Å². The highest BCUT2D eigenvalue weighted by Gasteiger charge is 2.27. The van der Waals surface area contributed by atoms with Crippen molar-refractivity contribution in [2.45, 2.75) is 38.1 Å². The summed E-state index contributed by atoms with van der Waals surface area (Å²) in [4.78, 5) is 24.8. The van der Waals surface area contributed by atoms with Crippen molar-refractivity contribution < 1.29 is 14.8 Å². The largest absolute Gasteiger partial charge is 0.396 e. The molecule has 6 nitrogen and oxygen atoms in total. The van der Waals surface area contributed by atoms with Crippen molar-refractivity contribution >= 4 is 11.6 Å². The zero-order valence-electron chi connectivity index (χ0n) is 11.9. The summed E-state index contributed by atoms with van der Waals surface area (Å²) in [6.07, 6.45) is 3.51. The van der Waals surface area contributed by atoms with E-state index in [1.165, 1.54) is 6.07 Å². The van der Waals surface area contributed by atoms with Crippen molar-refractivity contribution in [3.63, 3.8) is 0 Å². The van der Waals surface area contributed by atoms with Crippen LogP contribution in [0.25, 0.3) is 0 Å². The highest BCUT2D eigenvalue weighted by molar-refractivity contribution is 5.80. The van der Waals surface area contributed by atoms with Crippen LogP contribution in [0.1, 0.15) is 31.2 Å². The smallest absolute Gasteiger partial charge is 0.273 e. The van der Waals surface area contributed by atoms with Crippen LogP contribution in [-0.4, -0.2) is 40.0 Å². The average molecular weight is 292 g/mol. The molecule has 1 aromatic carbocycles. The van der Waals surface area contributed by atoms with Crippen LogP contribution in [-0.2, 0) is 11.2 Å². The van der Waals surface area contributed by atoms with E-state index < -0.39 is 4.92 Å². The van der Waals surface area contributed by atoms with E-state index in [0.29, 0.717) is 18.5 Å². The van der Waals surface area contributed by atoms with Gasteiger partial charge in [0.2, 0.25) is 5.91 Å². The summed E-state index contributed by atoms with van der Waals surface area (Å²) in [6.45, 7) is 0.726. The number of benzene rings is 1. The van der Waals surface area contributed by atoms with Crippen LogP contribution in [0.2, 0.25) is 0 Å². The third-order valence-corrected chi connectivity index (χ3v) is 3.94. The molecular weight excluding hydrogens is 272 g/mol. The number of para-hydroxylation sites is 1. The number of hydrogen-bond acceptors (Lipinski definition) is 4. The van der Waals surface area contributed by atoms with Crippen LogP contribution < -0.4 is 0 Å². The van der Waals surface area contributed by atoms with Crippen LogP contribution in [0.3, 0.4) is 0 Å². The Hall–Kier alpha value is -1.95. The van der Waals surface area contributed by atoms with E-state index in [2.05, 4.69) is 0 Å². The van der Waals surface area contributed by atoms with Gasteiger partial charge in [0.05, 0.1) is 11.3 Å². The predicted molar refractivity (Wildman–Crippen MR) is 77.9 cm³/mol. The quantitative estimate of drug-likeness (QED) is 0.663. The highest BCUT2D eigenvalue weighted by atomic mass is 16.6. The predicted octanol–water partition coefficient (Wildman–Crippen LogP) is 1.90. The second-order valence-electron chi connectivity index (χ2n) is 5.31. The molecule has 1 saturated heterocycles. The molecule has 1 N–H and O–H groups in total. The molecule has 0 aliphatic carbocycles. The first-order valence-corrected chi connectivity index (χ1v) is 7.26. The molecule has 0 spiro atoms. The molecule has 1 fully saturated rings. The Bertz CT molecular complexity index is 516. The van der Waals surface area contributed by atoms with Crippen molar-refractivity contribution in [1.29, 1.82) is 0 Å². The van der Waals surface area contributed by atoms with E-state index in [-0.39, 0.29) is 30.7 Å². The molecule has 1 aliphatic rings. The fourth-order valence-corrected chi connectivity index (χ4v) is 2.88. The Morgan fingerprint density at radius 1 is 1.38 bits per heavy atom. The van der Waals surface area contributed by atoms with E-state index in [9.17, 15) is 14.9 Å². The van der Waals surface area contributed by atoms with Crippen molar-refractivity contribution in [2.24, 2.45) is 0 Å². The number of aliphatic hydroxyl groups is 1. The summed E-state index contributed by atoms with van der Waals surface area (Å²) in [7, 11) is 0. The second kappa shape index (κ2) is 7.17. The molecule has 1 amide bonds. The van der Waals surface area contributed by atoms with Crippen molar-refractivity contribution in [3.8, 4) is 0 Å². The number of likely N-dealkylation sites (tertiary alicyclic amines) is 1. The zero-order valence-corrected chi connectivity index (χ0v) is 11.9. The van der Waals surface area contributed by atoms with Crippen molar-refractivity contribution in [2.75, 3.05) is 13.2 Å². The van der Waals surface area contributed by atoms with Gasteiger partial charge < -0.3 is 10.0 Å². The average Bonchev–Trinajstić information content (AvgIpc) is 2.48. The fourth-order valence-electron chi connectivity index (χ4n) is 2.88. The number of carbonyl (C=O) groups is 1. The van der Waals surface area contributed by atoms with Crippen LogP contribution in [0, 0.1) is 10.1 Å². The third kappa shape index (κ3) is 3.78. The maximum atomic E-state index is 12.4. The molecule has 1 aromatic rings. The molecule has 1 atom stereocenters. The zero-order chi connectivity index (χ0) is 15.2. The number of rotatable bonds is 5. The Morgan fingerprint density at radius 2 is 2.14 bits per heavy atom. The molecule has 0 saturated carbocycles. The molecule has 21 heavy (non-hydrogen) atoms. The Balaban J connectivity index is 2.11. The summed E-state index contributed by atoms with van der Waals surface area (Å²) in [5.41, 5.74) is 0.433. The van der Waals surface area contributed by atoms with Gasteiger partial charge in [-0.15, -0.1) is 0 Å². The van der Waals surface area contributed by atoms with Gasteiger partial charge in [-0.2, -0.15) is 0 Å². The Kier molecular flexibility index (Phi) is 5.27. The van der Waals surface area contributed by atoms with E-state index in [4.69, 9.17) is 5.11 Å². The SMILES string of the molecule is O=C(Cc1ccccc1[N+](=O)[O-])N1CCCCC1CCO. The lowest BCUT2D eigenvalue weighted by molar-refractivity contribution is -0.385. The summed E-state index contributed by atoms with van der Waals surface area (Å²) in [5.74, 6) is -0.0950. The fraction of sp³-hybridized carbons (Fsp3) is 0.533. The molecule has 1 aliphatic heterocycles. The monoisotopic (exact) mass is 292 g/mol. The minimum Gasteiger partial charge on any atom is -0.396 e. The number of nitro benzene ring substituents is 1. The van der Waals surface area contributed by atoms with Gasteiger partial charge in [-0.05, 0) is 25.7 Å². The third-order valence-electron chi connectivity index (χ3n) is 3.94. The van der Waals surface area contributed by atoms with E-state index in [1.807, 2.05) is 0 Å². The molecule has 2 rings (SSSR count). The molecular formula is C15H20N2O4. The van der Waals surface area contributed by atoms with Gasteiger partial charge in [0.15, 0.2) is 0 Å². The summed E-state index contributed by atoms with van der Waals surface area (Å²) in [6, 6.07) is 6.41. The van der Waals surface area contributed by atoms with Crippen molar-refractivity contribution in [1.82, 2.24) is 4.90 Å². The second-order valence-corrected chi connectivity index (χ2v) is 5.31. The molecule has 0 aromatic heterocycles. The number of nitrogens with zero attached hydrogens (tertiary/aromatic N) is 2. The topological polar surface area (TPSA) is 83.7 Å². The van der Waals surface area contributed by atoms with Crippen LogP contribution in [0.5, 0.6) is 0 Å². The number of hydrogen-bond donors (Lipinski definition) is 1. The van der Waals surface area contributed by atoms with E-state index in [1.54, 1.807) is 23.1 Å². The number of piperidine rings is 1. The first-order chi connectivity index (χ1) is 10.1. The Morgan fingerprint density at radius 3 is 2.86 bits per heavy atom. The number of aliphatic hydroxyl groups excluding tert-OH is 1. The minimum atomic E-state index is -0.454. The van der Waals surface area contributed by atoms with Crippen LogP contribution >= 0.6 is 0 Å². The van der Waals surface area contributed by atoms with Gasteiger partial charge in [0, 0.05) is 30.8 Å². The number of carbonyl (C=O) groups excluding carboxylic acids is 1. The first-order valence-electron chi connectivity index (χ1n) is 7.26. The highest BCUT2D eigenvalue weighted by Crippen LogP contribution is 2.23. The maximum absolute atomic E-state index is 12.4. The lowest BCUT2D eigenvalue weighted by Gasteiger charge is -2.35. The summed E-state index contributed by atoms with van der Waals surface area (Å²) < 4.78 is 0. The molecule has 0 radical (unpaired) electrons. The van der Waals surface area contributed by atoms with Gasteiger partial charge in [0.1, 0.15) is 0 Å². The Labute approximate surface area is 123 Å². The van der Waals surface area contributed by atoms with Gasteiger partial charge in [0.25, 0.3) is 5.69 Å². The lowest BCUT2D eigenvalue weighted by Crippen LogP contribution is -2.44. The van der Waals surface area contributed by atoms with E-state index >= 15 is 0 Å². The molecule has 6 heteroatoms. The molecule has 1 unspecified atom stereocenters. The van der Waals surface area contributed by atoms with Crippen LogP contribution in [0.4, 0.5) is 5.69 Å². The first kappa shape index (κ1) is 15.4. The normalized spacial score (nSPS) is 18.5. The van der Waals surface area contributed by atoms with Gasteiger partial charge >= 0.3 is 0 Å². The molecule has 1 heterocycles. The van der Waals surface area contributed by atoms with E-state index in [0.717, 1.165) is 19.3 Å². The molecule has 0 bridgehead atoms. The maximum Gasteiger partial charge on any atom is 0.273 e. The minimum absolute atomic E-state index is 0.0124. The van der Waals surface area contributed by atoms with Gasteiger partial charge in [-0.1, -0.05) is 18.2 Å². The molecule has 114 valence electrons. The van der Waals surface area contributed by atoms with Gasteiger partial charge in [-0.3, -0.25) is 14.9 Å². The standard InChI is InChI=1S/C15H20N2O4/c18-10-8-13-6-3-4-9-16(13)15(19)11-12-5-1-2-7-14(12)17(20)21/h1-2,5,7,13,18H,3-4,6,8-11H2. The summed E-state index contributed by atoms with van der Waals surface area (Å²) >= 11 is 0. The number of nitro groups is 1. The van der Waals surface area contributed by atoms with Crippen molar-refractivity contribution in [3.05, 3.63) is 39.9 Å². The number of amides is 1. The van der Waals surface area contributed by atoms with Crippen LogP contribution in [0.15, 0.2) is 24.3 Å². The lowest BCUT2D eigenvalue weighted by atomic mass is 9.98. The summed E-state index contributed by atoms with van der Waals surface area (Å²) in [5, 5.41) is 20.1.